The highest BCUT2D eigenvalue weighted by atomic mass is 16.3. The molecule has 0 amide bonds. The second-order valence-corrected chi connectivity index (χ2v) is 5.27. The van der Waals surface area contributed by atoms with E-state index in [1.807, 2.05) is 0 Å². The summed E-state index contributed by atoms with van der Waals surface area (Å²) in [5.41, 5.74) is 0. The van der Waals surface area contributed by atoms with Gasteiger partial charge < -0.3 is 20.2 Å². The number of nitrogens with zero attached hydrogens (tertiary/aromatic N) is 2. The molecule has 0 aromatic heterocycles. The molecule has 0 bridgehead atoms. The molecule has 4 heteroatoms. The minimum Gasteiger partial charge on any atom is -0.390 e. The molecule has 0 saturated heterocycles. The Balaban J connectivity index is 3.50. The minimum atomic E-state index is -0.272. The van der Waals surface area contributed by atoms with Crippen molar-refractivity contribution >= 4 is 0 Å². The molecule has 1 atom stereocenters. The topological polar surface area (TPSA) is 38.7 Å². The first-order valence-corrected chi connectivity index (χ1v) is 6.14. The molecule has 16 heavy (non-hydrogen) atoms. The molecule has 1 unspecified atom stereocenters. The van der Waals surface area contributed by atoms with Gasteiger partial charge in [0.15, 0.2) is 0 Å². The third-order valence-electron chi connectivity index (χ3n) is 2.38. The summed E-state index contributed by atoms with van der Waals surface area (Å²) >= 11 is 0. The molecule has 4 nitrogen and oxygen atoms in total. The molecule has 0 aliphatic rings. The van der Waals surface area contributed by atoms with E-state index in [-0.39, 0.29) is 6.10 Å². The van der Waals surface area contributed by atoms with Gasteiger partial charge in [0.05, 0.1) is 6.10 Å². The number of aliphatic hydroxyl groups is 1. The Kier molecular flexibility index (Phi) is 8.84. The molecule has 0 aromatic rings. The summed E-state index contributed by atoms with van der Waals surface area (Å²) < 4.78 is 0. The summed E-state index contributed by atoms with van der Waals surface area (Å²) in [6.45, 7) is 8.75. The number of likely N-dealkylation sites (N-methyl/N-ethyl adjacent to an activating group) is 2. The van der Waals surface area contributed by atoms with E-state index in [1.165, 1.54) is 0 Å². The van der Waals surface area contributed by atoms with Crippen LogP contribution in [0.2, 0.25) is 0 Å². The lowest BCUT2D eigenvalue weighted by atomic mass is 10.2. The molecule has 0 radical (unpaired) electrons. The number of nitrogens with one attached hydrogen (secondary N) is 1. The zero-order valence-electron chi connectivity index (χ0n) is 11.5. The van der Waals surface area contributed by atoms with Crippen molar-refractivity contribution in [2.24, 2.45) is 5.92 Å². The molecule has 0 rings (SSSR count). The zero-order valence-corrected chi connectivity index (χ0v) is 11.5. The predicted octanol–water partition coefficient (Wildman–Crippen LogP) is 0.0863. The average molecular weight is 231 g/mol. The predicted molar refractivity (Wildman–Crippen MR) is 69.8 cm³/mol. The summed E-state index contributed by atoms with van der Waals surface area (Å²) in [6, 6.07) is 0. The molecule has 98 valence electrons. The molecule has 0 fully saturated rings. The van der Waals surface area contributed by atoms with Crippen molar-refractivity contribution in [3.8, 4) is 0 Å². The van der Waals surface area contributed by atoms with Gasteiger partial charge in [0.1, 0.15) is 0 Å². The molecule has 0 aromatic carbocycles. The fourth-order valence-electron chi connectivity index (χ4n) is 1.42. The first kappa shape index (κ1) is 15.8. The van der Waals surface area contributed by atoms with Gasteiger partial charge in [-0.3, -0.25) is 0 Å². The van der Waals surface area contributed by atoms with E-state index in [9.17, 15) is 5.11 Å². The fraction of sp³-hybridized carbons (Fsp3) is 1.00. The Morgan fingerprint density at radius 2 is 1.69 bits per heavy atom. The normalized spacial score (nSPS) is 14.1. The van der Waals surface area contributed by atoms with Crippen molar-refractivity contribution in [3.63, 3.8) is 0 Å². The first-order chi connectivity index (χ1) is 7.41. The lowest BCUT2D eigenvalue weighted by Gasteiger charge is -2.22. The van der Waals surface area contributed by atoms with Gasteiger partial charge in [-0.25, -0.2) is 0 Å². The Morgan fingerprint density at radius 3 is 2.19 bits per heavy atom. The van der Waals surface area contributed by atoms with Crippen molar-refractivity contribution in [1.29, 1.82) is 0 Å². The molecule has 2 N–H and O–H groups in total. The second kappa shape index (κ2) is 8.93. The maximum Gasteiger partial charge on any atom is 0.0791 e. The van der Waals surface area contributed by atoms with Gasteiger partial charge in [-0.05, 0) is 33.6 Å². The third-order valence-corrected chi connectivity index (χ3v) is 2.38. The summed E-state index contributed by atoms with van der Waals surface area (Å²) in [6.07, 6.45) is -0.272. The molecule has 0 aliphatic heterocycles. The van der Waals surface area contributed by atoms with Gasteiger partial charge in [-0.15, -0.1) is 0 Å². The Morgan fingerprint density at radius 1 is 1.06 bits per heavy atom. The molecule has 0 spiro atoms. The van der Waals surface area contributed by atoms with Crippen LogP contribution in [-0.2, 0) is 0 Å². The highest BCUT2D eigenvalue weighted by molar-refractivity contribution is 4.65. The Bertz CT molecular complexity index is 162. The van der Waals surface area contributed by atoms with Gasteiger partial charge in [0.25, 0.3) is 0 Å². The maximum atomic E-state index is 9.78. The van der Waals surface area contributed by atoms with Crippen LogP contribution in [0, 0.1) is 5.92 Å². The number of hydrogen-bond acceptors (Lipinski definition) is 4. The summed E-state index contributed by atoms with van der Waals surface area (Å²) in [7, 11) is 6.18. The SMILES string of the molecule is CC(C)CNCC(O)CN(C)CCN(C)C. The lowest BCUT2D eigenvalue weighted by Crippen LogP contribution is -2.39. The van der Waals surface area contributed by atoms with E-state index in [1.54, 1.807) is 0 Å². The van der Waals surface area contributed by atoms with Crippen LogP contribution in [0.25, 0.3) is 0 Å². The number of aliphatic hydroxyl groups excluding tert-OH is 1. The maximum absolute atomic E-state index is 9.78. The largest absolute Gasteiger partial charge is 0.390 e. The van der Waals surface area contributed by atoms with Gasteiger partial charge in [-0.2, -0.15) is 0 Å². The Labute approximate surface area is 101 Å². The van der Waals surface area contributed by atoms with Crippen molar-refractivity contribution in [1.82, 2.24) is 15.1 Å². The van der Waals surface area contributed by atoms with Crippen molar-refractivity contribution in [3.05, 3.63) is 0 Å². The van der Waals surface area contributed by atoms with Crippen LogP contribution in [0.15, 0.2) is 0 Å². The summed E-state index contributed by atoms with van der Waals surface area (Å²) in [5.74, 6) is 0.638. The standard InChI is InChI=1S/C12H29N3O/c1-11(2)8-13-9-12(16)10-15(5)7-6-14(3)4/h11-13,16H,6-10H2,1-5H3. The van der Waals surface area contributed by atoms with E-state index < -0.39 is 0 Å². The van der Waals surface area contributed by atoms with E-state index >= 15 is 0 Å². The zero-order chi connectivity index (χ0) is 12.6. The van der Waals surface area contributed by atoms with Crippen molar-refractivity contribution < 1.29 is 5.11 Å². The summed E-state index contributed by atoms with van der Waals surface area (Å²) in [4.78, 5) is 4.32. The van der Waals surface area contributed by atoms with Crippen LogP contribution in [0.5, 0.6) is 0 Å². The van der Waals surface area contributed by atoms with E-state index in [2.05, 4.69) is 50.1 Å². The van der Waals surface area contributed by atoms with Crippen LogP contribution in [0.1, 0.15) is 13.8 Å². The Hall–Kier alpha value is -0.160. The molecular formula is C12H29N3O. The highest BCUT2D eigenvalue weighted by Gasteiger charge is 2.08. The van der Waals surface area contributed by atoms with Crippen LogP contribution >= 0.6 is 0 Å². The average Bonchev–Trinajstić information content (AvgIpc) is 2.14. The van der Waals surface area contributed by atoms with Crippen LogP contribution in [-0.4, -0.2) is 74.9 Å². The first-order valence-electron chi connectivity index (χ1n) is 6.14. The third kappa shape index (κ3) is 10.4. The molecule has 0 heterocycles. The van der Waals surface area contributed by atoms with E-state index in [0.29, 0.717) is 12.5 Å². The van der Waals surface area contributed by atoms with Crippen molar-refractivity contribution in [2.75, 3.05) is 53.9 Å². The van der Waals surface area contributed by atoms with Crippen LogP contribution < -0.4 is 5.32 Å². The van der Waals surface area contributed by atoms with Gasteiger partial charge >= 0.3 is 0 Å². The summed E-state index contributed by atoms with van der Waals surface area (Å²) in [5, 5.41) is 13.0. The van der Waals surface area contributed by atoms with Crippen molar-refractivity contribution in [2.45, 2.75) is 20.0 Å². The fourth-order valence-corrected chi connectivity index (χ4v) is 1.42. The van der Waals surface area contributed by atoms with Gasteiger partial charge in [-0.1, -0.05) is 13.8 Å². The van der Waals surface area contributed by atoms with E-state index in [4.69, 9.17) is 0 Å². The highest BCUT2D eigenvalue weighted by Crippen LogP contribution is 1.91. The molecular weight excluding hydrogens is 202 g/mol. The molecule has 0 aliphatic carbocycles. The minimum absolute atomic E-state index is 0.272. The van der Waals surface area contributed by atoms with Crippen LogP contribution in [0.3, 0.4) is 0 Å². The van der Waals surface area contributed by atoms with Crippen LogP contribution in [0.4, 0.5) is 0 Å². The van der Waals surface area contributed by atoms with Gasteiger partial charge in [0.2, 0.25) is 0 Å². The second-order valence-electron chi connectivity index (χ2n) is 5.27. The number of rotatable bonds is 9. The van der Waals surface area contributed by atoms with E-state index in [0.717, 1.165) is 26.2 Å². The number of hydrogen-bond donors (Lipinski definition) is 2. The molecule has 0 saturated carbocycles. The smallest absolute Gasteiger partial charge is 0.0791 e. The van der Waals surface area contributed by atoms with Gasteiger partial charge in [0, 0.05) is 26.2 Å². The lowest BCUT2D eigenvalue weighted by molar-refractivity contribution is 0.120. The quantitative estimate of drug-likeness (QED) is 0.590. The monoisotopic (exact) mass is 231 g/mol.